The predicted molar refractivity (Wildman–Crippen MR) is 45.0 cm³/mol. The van der Waals surface area contributed by atoms with Crippen LogP contribution >= 0.6 is 0 Å². The van der Waals surface area contributed by atoms with Crippen LogP contribution < -0.4 is 4.74 Å². The molecule has 1 aromatic carbocycles. The molecule has 3 nitrogen and oxygen atoms in total. The van der Waals surface area contributed by atoms with Crippen LogP contribution in [-0.2, 0) is 6.18 Å². The van der Waals surface area contributed by atoms with Crippen LogP contribution in [0.1, 0.15) is 15.9 Å². The number of benzene rings is 1. The van der Waals surface area contributed by atoms with Crippen LogP contribution in [0.25, 0.3) is 0 Å². The molecule has 0 bridgehead atoms. The highest BCUT2D eigenvalue weighted by Crippen LogP contribution is 2.39. The van der Waals surface area contributed by atoms with Gasteiger partial charge in [-0.05, 0) is 12.1 Å². The number of phenols is 1. The zero-order chi connectivity index (χ0) is 11.6. The molecule has 0 radical (unpaired) electrons. The van der Waals surface area contributed by atoms with E-state index in [1.165, 1.54) is 7.11 Å². The van der Waals surface area contributed by atoms with Crippen LogP contribution in [0.5, 0.6) is 11.5 Å². The van der Waals surface area contributed by atoms with Gasteiger partial charge in [0.1, 0.15) is 17.1 Å². The number of methoxy groups -OCH3 is 1. The molecular formula is C9H7F3O3. The highest BCUT2D eigenvalue weighted by molar-refractivity contribution is 5.81. The van der Waals surface area contributed by atoms with Gasteiger partial charge in [0.25, 0.3) is 0 Å². The molecule has 1 rings (SSSR count). The number of carbonyl (C=O) groups excluding carboxylic acids is 1. The number of alkyl halides is 3. The van der Waals surface area contributed by atoms with Gasteiger partial charge in [-0.3, -0.25) is 4.79 Å². The van der Waals surface area contributed by atoms with Gasteiger partial charge in [-0.1, -0.05) is 0 Å². The highest BCUT2D eigenvalue weighted by Gasteiger charge is 2.35. The van der Waals surface area contributed by atoms with E-state index in [9.17, 15) is 18.0 Å². The Morgan fingerprint density at radius 3 is 2.40 bits per heavy atom. The van der Waals surface area contributed by atoms with Gasteiger partial charge < -0.3 is 9.84 Å². The summed E-state index contributed by atoms with van der Waals surface area (Å²) < 4.78 is 41.6. The lowest BCUT2D eigenvalue weighted by atomic mass is 10.1. The van der Waals surface area contributed by atoms with E-state index in [0.29, 0.717) is 6.07 Å². The Morgan fingerprint density at radius 1 is 1.40 bits per heavy atom. The molecule has 1 N–H and O–H groups in total. The lowest BCUT2D eigenvalue weighted by molar-refractivity contribution is -0.138. The van der Waals surface area contributed by atoms with Crippen molar-refractivity contribution in [2.24, 2.45) is 0 Å². The highest BCUT2D eigenvalue weighted by atomic mass is 19.4. The second-order valence-electron chi connectivity index (χ2n) is 2.73. The van der Waals surface area contributed by atoms with Gasteiger partial charge in [-0.25, -0.2) is 0 Å². The number of halogens is 3. The second-order valence-corrected chi connectivity index (χ2v) is 2.73. The summed E-state index contributed by atoms with van der Waals surface area (Å²) in [6, 6.07) is 1.65. The molecule has 0 atom stereocenters. The molecule has 0 aliphatic heterocycles. The van der Waals surface area contributed by atoms with Crippen LogP contribution in [-0.4, -0.2) is 18.5 Å². The van der Waals surface area contributed by atoms with Crippen LogP contribution in [0, 0.1) is 0 Å². The first-order valence-electron chi connectivity index (χ1n) is 3.83. The number of carbonyl (C=O) groups is 1. The monoisotopic (exact) mass is 220 g/mol. The Balaban J connectivity index is 3.44. The first-order valence-corrected chi connectivity index (χ1v) is 3.83. The van der Waals surface area contributed by atoms with Crippen molar-refractivity contribution < 1.29 is 27.8 Å². The third kappa shape index (κ3) is 2.20. The maximum atomic E-state index is 12.3. The van der Waals surface area contributed by atoms with E-state index in [0.717, 1.165) is 6.07 Å². The summed E-state index contributed by atoms with van der Waals surface area (Å²) in [5.41, 5.74) is -1.74. The van der Waals surface area contributed by atoms with Crippen LogP contribution in [0.2, 0.25) is 0 Å². The molecule has 0 aliphatic carbocycles. The van der Waals surface area contributed by atoms with E-state index in [1.54, 1.807) is 0 Å². The van der Waals surface area contributed by atoms with Crippen molar-refractivity contribution in [3.63, 3.8) is 0 Å². The first kappa shape index (κ1) is 11.4. The lowest BCUT2D eigenvalue weighted by Crippen LogP contribution is -2.07. The smallest absolute Gasteiger partial charge is 0.420 e. The number of aromatic hydroxyl groups is 1. The van der Waals surface area contributed by atoms with E-state index < -0.39 is 23.1 Å². The Morgan fingerprint density at radius 2 is 2.00 bits per heavy atom. The molecule has 15 heavy (non-hydrogen) atoms. The standard InChI is InChI=1S/C9H7F3O3/c1-15-6-2-5(4-13)8(14)7(3-6)9(10,11)12/h2-4,14H,1H3. The Hall–Kier alpha value is -1.72. The SMILES string of the molecule is COc1cc(C=O)c(O)c(C(F)(F)F)c1. The Bertz CT molecular complexity index is 385. The van der Waals surface area contributed by atoms with Crippen molar-refractivity contribution in [3.8, 4) is 11.5 Å². The minimum Gasteiger partial charge on any atom is -0.507 e. The molecule has 0 heterocycles. The van der Waals surface area contributed by atoms with Gasteiger partial charge in [-0.15, -0.1) is 0 Å². The molecule has 0 saturated heterocycles. The van der Waals surface area contributed by atoms with Crippen molar-refractivity contribution in [1.82, 2.24) is 0 Å². The minimum absolute atomic E-state index is 0.132. The Kier molecular flexibility index (Phi) is 2.88. The molecule has 0 aromatic heterocycles. The van der Waals surface area contributed by atoms with Crippen LogP contribution in [0.15, 0.2) is 12.1 Å². The van der Waals surface area contributed by atoms with Crippen LogP contribution in [0.4, 0.5) is 13.2 Å². The summed E-state index contributed by atoms with van der Waals surface area (Å²) >= 11 is 0. The normalized spacial score (nSPS) is 11.2. The van der Waals surface area contributed by atoms with Crippen molar-refractivity contribution in [3.05, 3.63) is 23.3 Å². The van der Waals surface area contributed by atoms with E-state index in [-0.39, 0.29) is 12.0 Å². The first-order chi connectivity index (χ1) is 6.90. The molecule has 0 unspecified atom stereocenters. The average molecular weight is 220 g/mol. The largest absolute Gasteiger partial charge is 0.507 e. The van der Waals surface area contributed by atoms with Crippen molar-refractivity contribution in [2.75, 3.05) is 7.11 Å². The van der Waals surface area contributed by atoms with Gasteiger partial charge in [-0.2, -0.15) is 13.2 Å². The van der Waals surface area contributed by atoms with Crippen LogP contribution in [0.3, 0.4) is 0 Å². The van der Waals surface area contributed by atoms with E-state index in [4.69, 9.17) is 5.11 Å². The van der Waals surface area contributed by atoms with E-state index in [2.05, 4.69) is 4.74 Å². The molecular weight excluding hydrogens is 213 g/mol. The van der Waals surface area contributed by atoms with Gasteiger partial charge in [0.05, 0.1) is 12.7 Å². The van der Waals surface area contributed by atoms with Gasteiger partial charge in [0.15, 0.2) is 6.29 Å². The second kappa shape index (κ2) is 3.80. The van der Waals surface area contributed by atoms with Crippen molar-refractivity contribution in [2.45, 2.75) is 6.18 Å². The molecule has 6 heteroatoms. The maximum Gasteiger partial charge on any atom is 0.420 e. The molecule has 0 spiro atoms. The van der Waals surface area contributed by atoms with Crippen molar-refractivity contribution >= 4 is 6.29 Å². The summed E-state index contributed by atoms with van der Waals surface area (Å²) in [6.07, 6.45) is -4.59. The molecule has 0 amide bonds. The number of ether oxygens (including phenoxy) is 1. The molecule has 0 saturated carbocycles. The van der Waals surface area contributed by atoms with Gasteiger partial charge >= 0.3 is 6.18 Å². The summed E-state index contributed by atoms with van der Waals surface area (Å²) in [4.78, 5) is 10.4. The zero-order valence-corrected chi connectivity index (χ0v) is 7.63. The van der Waals surface area contributed by atoms with Gasteiger partial charge in [0, 0.05) is 0 Å². The number of rotatable bonds is 2. The third-order valence-corrected chi connectivity index (χ3v) is 1.78. The summed E-state index contributed by atoms with van der Waals surface area (Å²) in [6.45, 7) is 0. The average Bonchev–Trinajstić information content (AvgIpc) is 2.16. The molecule has 1 aromatic rings. The summed E-state index contributed by atoms with van der Waals surface area (Å²) in [7, 11) is 1.17. The van der Waals surface area contributed by atoms with E-state index in [1.807, 2.05) is 0 Å². The topological polar surface area (TPSA) is 46.5 Å². The van der Waals surface area contributed by atoms with E-state index >= 15 is 0 Å². The molecule has 0 aliphatic rings. The number of hydrogen-bond donors (Lipinski definition) is 1. The maximum absolute atomic E-state index is 12.3. The quantitative estimate of drug-likeness (QED) is 0.777. The number of aldehydes is 1. The summed E-state index contributed by atoms with van der Waals surface area (Å²) in [5, 5.41) is 9.14. The number of hydrogen-bond acceptors (Lipinski definition) is 3. The Labute approximate surface area is 83.1 Å². The van der Waals surface area contributed by atoms with Crippen molar-refractivity contribution in [1.29, 1.82) is 0 Å². The van der Waals surface area contributed by atoms with Gasteiger partial charge in [0.2, 0.25) is 0 Å². The fourth-order valence-electron chi connectivity index (χ4n) is 1.05. The minimum atomic E-state index is -4.73. The third-order valence-electron chi connectivity index (χ3n) is 1.78. The fraction of sp³-hybridized carbons (Fsp3) is 0.222. The fourth-order valence-corrected chi connectivity index (χ4v) is 1.05. The number of phenolic OH excluding ortho intramolecular Hbond substituents is 1. The predicted octanol–water partition coefficient (Wildman–Crippen LogP) is 2.23. The molecule has 82 valence electrons. The summed E-state index contributed by atoms with van der Waals surface area (Å²) in [5.74, 6) is -1.22. The lowest BCUT2D eigenvalue weighted by Gasteiger charge is -2.11. The zero-order valence-electron chi connectivity index (χ0n) is 7.63. The molecule has 0 fully saturated rings.